The van der Waals surface area contributed by atoms with Crippen molar-refractivity contribution in [2.45, 2.75) is 43.6 Å². The van der Waals surface area contributed by atoms with Crippen LogP contribution in [-0.4, -0.2) is 64.7 Å². The van der Waals surface area contributed by atoms with Gasteiger partial charge in [-0.05, 0) is 19.3 Å². The molecule has 3 rings (SSSR count). The molecule has 3 N–H and O–H groups in total. The standard InChI is InChI=1S/C14H19BN2O4S.I2/c1-5-10-9(6(2)18)13(19)17(10)11(14(20)21)12(5)22-7-3-8(15)16-4-7;1-2/h5-10,16,18H,3-4H2,1-2H3,(H,20,21);. The van der Waals surface area contributed by atoms with E-state index in [4.69, 9.17) is 7.85 Å². The highest BCUT2D eigenvalue weighted by molar-refractivity contribution is 15.0. The lowest BCUT2D eigenvalue weighted by Gasteiger charge is -2.46. The molecule has 6 atom stereocenters. The number of carboxylic acids is 1. The first-order valence-corrected chi connectivity index (χ1v) is 14.8. The predicted octanol–water partition coefficient (Wildman–Crippen LogP) is 1.50. The van der Waals surface area contributed by atoms with Crippen LogP contribution in [0.3, 0.4) is 0 Å². The van der Waals surface area contributed by atoms with Crippen LogP contribution in [0.25, 0.3) is 0 Å². The topological polar surface area (TPSA) is 89.9 Å². The zero-order valence-electron chi connectivity index (χ0n) is 13.3. The summed E-state index contributed by atoms with van der Waals surface area (Å²) in [5.74, 6) is -2.02. The van der Waals surface area contributed by atoms with E-state index >= 15 is 0 Å². The first-order valence-electron chi connectivity index (χ1n) is 7.61. The largest absolute Gasteiger partial charge is 0.477 e. The summed E-state index contributed by atoms with van der Waals surface area (Å²) < 4.78 is 0. The molecule has 1 amide bonds. The number of thioether (sulfide) groups is 1. The lowest BCUT2D eigenvalue weighted by molar-refractivity contribution is -0.163. The van der Waals surface area contributed by atoms with Crippen molar-refractivity contribution in [1.82, 2.24) is 10.2 Å². The number of rotatable bonds is 4. The summed E-state index contributed by atoms with van der Waals surface area (Å²) in [6, 6.07) is -0.246. The fourth-order valence-corrected chi connectivity index (χ4v) is 5.17. The number of halogens is 2. The van der Waals surface area contributed by atoms with Crippen molar-refractivity contribution < 1.29 is 19.8 Å². The van der Waals surface area contributed by atoms with Gasteiger partial charge in [-0.25, -0.2) is 4.79 Å². The number of aliphatic hydroxyl groups excluding tert-OH is 1. The molecule has 3 aliphatic rings. The first kappa shape index (κ1) is 20.8. The first-order chi connectivity index (χ1) is 11.3. The molecular weight excluding hydrogens is 557 g/mol. The minimum absolute atomic E-state index is 0.0630. The third-order valence-corrected chi connectivity index (χ3v) is 6.24. The Morgan fingerprint density at radius 2 is 2.12 bits per heavy atom. The summed E-state index contributed by atoms with van der Waals surface area (Å²) in [6.45, 7) is 4.24. The highest BCUT2D eigenvalue weighted by atomic mass is 128. The Hall–Kier alpha value is 0.475. The third-order valence-electron chi connectivity index (χ3n) is 4.73. The number of hydrogen-bond donors (Lipinski definition) is 3. The molecule has 24 heavy (non-hydrogen) atoms. The molecule has 2 fully saturated rings. The molecule has 0 aliphatic carbocycles. The third kappa shape index (κ3) is 3.62. The smallest absolute Gasteiger partial charge is 0.353 e. The van der Waals surface area contributed by atoms with Gasteiger partial charge in [-0.3, -0.25) is 4.79 Å². The molecule has 0 saturated carbocycles. The van der Waals surface area contributed by atoms with Crippen molar-refractivity contribution >= 4 is 68.7 Å². The molecule has 0 bridgehead atoms. The van der Waals surface area contributed by atoms with Crippen LogP contribution in [0.5, 0.6) is 0 Å². The number of carboxylic acid groups (broad SMARTS) is 1. The lowest BCUT2D eigenvalue weighted by Crippen LogP contribution is -2.63. The van der Waals surface area contributed by atoms with Gasteiger partial charge in [0.1, 0.15) is 5.70 Å². The maximum Gasteiger partial charge on any atom is 0.353 e. The number of amides is 1. The van der Waals surface area contributed by atoms with Crippen LogP contribution in [0.4, 0.5) is 0 Å². The van der Waals surface area contributed by atoms with Crippen molar-refractivity contribution in [3.05, 3.63) is 10.6 Å². The van der Waals surface area contributed by atoms with E-state index in [2.05, 4.69) is 42.5 Å². The number of aliphatic carboxylic acids is 1. The van der Waals surface area contributed by atoms with Crippen LogP contribution < -0.4 is 5.32 Å². The van der Waals surface area contributed by atoms with Gasteiger partial charge in [0.25, 0.3) is 0 Å². The van der Waals surface area contributed by atoms with Gasteiger partial charge in [-0.1, -0.05) is 6.92 Å². The van der Waals surface area contributed by atoms with E-state index in [0.29, 0.717) is 0 Å². The summed E-state index contributed by atoms with van der Waals surface area (Å²) >= 11 is 5.75. The van der Waals surface area contributed by atoms with Crippen LogP contribution in [0.1, 0.15) is 20.3 Å². The number of carbonyl (C=O) groups is 2. The molecule has 6 unspecified atom stereocenters. The molecule has 0 aromatic carbocycles. The Bertz CT molecular complexity index is 563. The van der Waals surface area contributed by atoms with E-state index in [-0.39, 0.29) is 34.8 Å². The van der Waals surface area contributed by atoms with Gasteiger partial charge in [-0.2, -0.15) is 0 Å². The summed E-state index contributed by atoms with van der Waals surface area (Å²) in [4.78, 5) is 25.9. The highest BCUT2D eigenvalue weighted by Gasteiger charge is 2.60. The number of aliphatic hydroxyl groups is 1. The van der Waals surface area contributed by atoms with E-state index in [1.165, 1.54) is 16.7 Å². The van der Waals surface area contributed by atoms with Gasteiger partial charge in [0.05, 0.1) is 25.9 Å². The molecule has 0 aromatic heterocycles. The number of hydrogen-bond acceptors (Lipinski definition) is 5. The van der Waals surface area contributed by atoms with Gasteiger partial charge in [0.15, 0.2) is 0 Å². The van der Waals surface area contributed by atoms with Crippen molar-refractivity contribution in [3.8, 4) is 0 Å². The predicted molar refractivity (Wildman–Crippen MR) is 111 cm³/mol. The van der Waals surface area contributed by atoms with Crippen LogP contribution in [0.15, 0.2) is 10.6 Å². The normalized spacial score (nSPS) is 36.0. The monoisotopic (exact) mass is 576 g/mol. The van der Waals surface area contributed by atoms with Crippen molar-refractivity contribution in [2.24, 2.45) is 11.8 Å². The van der Waals surface area contributed by atoms with Crippen LogP contribution in [0, 0.1) is 11.8 Å². The molecule has 3 heterocycles. The molecular formula is C14H19BI2N2O4S. The fourth-order valence-electron chi connectivity index (χ4n) is 3.68. The average molecular weight is 576 g/mol. The second kappa shape index (κ2) is 8.44. The quantitative estimate of drug-likeness (QED) is 0.268. The SMILES string of the molecule is II.[B]C1CC(SC2=C(C(=O)O)N3C(=O)C(C(C)O)C3C2C)CN1. The van der Waals surface area contributed by atoms with Crippen LogP contribution in [-0.2, 0) is 9.59 Å². The molecule has 2 saturated heterocycles. The van der Waals surface area contributed by atoms with Crippen molar-refractivity contribution in [3.63, 3.8) is 0 Å². The summed E-state index contributed by atoms with van der Waals surface area (Å²) in [5, 5.41) is 22.7. The van der Waals surface area contributed by atoms with Gasteiger partial charge >= 0.3 is 5.97 Å². The van der Waals surface area contributed by atoms with Crippen molar-refractivity contribution in [1.29, 1.82) is 0 Å². The summed E-state index contributed by atoms with van der Waals surface area (Å²) in [7, 11) is 5.82. The number of β-lactam (4-membered cyclic amide) rings is 1. The Morgan fingerprint density at radius 1 is 1.50 bits per heavy atom. The Labute approximate surface area is 170 Å². The van der Waals surface area contributed by atoms with E-state index in [1.807, 2.05) is 6.92 Å². The second-order valence-corrected chi connectivity index (χ2v) is 7.60. The maximum absolute atomic E-state index is 12.2. The number of nitrogens with one attached hydrogen (secondary N) is 1. The molecule has 2 radical (unpaired) electrons. The molecule has 132 valence electrons. The zero-order chi connectivity index (χ0) is 18.2. The van der Waals surface area contributed by atoms with Crippen molar-refractivity contribution in [2.75, 3.05) is 6.54 Å². The minimum atomic E-state index is -1.08. The van der Waals surface area contributed by atoms with E-state index in [1.54, 1.807) is 6.92 Å². The average Bonchev–Trinajstić information content (AvgIpc) is 3.02. The fraction of sp³-hybridized carbons (Fsp3) is 0.714. The zero-order valence-corrected chi connectivity index (χ0v) is 18.4. The number of nitrogens with zero attached hydrogens (tertiary/aromatic N) is 1. The van der Waals surface area contributed by atoms with Crippen LogP contribution >= 0.6 is 49.0 Å². The molecule has 6 nitrogen and oxygen atoms in total. The van der Waals surface area contributed by atoms with Gasteiger partial charge in [0.2, 0.25) is 5.91 Å². The molecule has 10 heteroatoms. The molecule has 3 aliphatic heterocycles. The van der Waals surface area contributed by atoms with Gasteiger partial charge in [0, 0.05) is 59.8 Å². The number of fused-ring (bicyclic) bond motifs is 1. The Balaban J connectivity index is 0.00000100. The van der Waals surface area contributed by atoms with Crippen LogP contribution in [0.2, 0.25) is 0 Å². The molecule has 0 aromatic rings. The second-order valence-electron chi connectivity index (χ2n) is 6.26. The maximum atomic E-state index is 12.2. The highest BCUT2D eigenvalue weighted by Crippen LogP contribution is 2.51. The summed E-state index contributed by atoms with van der Waals surface area (Å²) in [5.41, 5.74) is 0.0878. The summed E-state index contributed by atoms with van der Waals surface area (Å²) in [6.07, 6.45) is 0.00356. The van der Waals surface area contributed by atoms with Gasteiger partial charge < -0.3 is 20.4 Å². The van der Waals surface area contributed by atoms with E-state index < -0.39 is 18.0 Å². The Kier molecular flexibility index (Phi) is 7.31. The minimum Gasteiger partial charge on any atom is -0.477 e. The van der Waals surface area contributed by atoms with Gasteiger partial charge in [-0.15, -0.1) is 11.8 Å². The lowest BCUT2D eigenvalue weighted by atomic mass is 9.79. The molecule has 0 spiro atoms. The van der Waals surface area contributed by atoms with E-state index in [0.717, 1.165) is 17.9 Å². The van der Waals surface area contributed by atoms with E-state index in [9.17, 15) is 19.8 Å². The Morgan fingerprint density at radius 3 is 2.58 bits per heavy atom. The number of carbonyl (C=O) groups excluding carboxylic acids is 1.